The van der Waals surface area contributed by atoms with Gasteiger partial charge in [-0.05, 0) is 18.2 Å². The van der Waals surface area contributed by atoms with Crippen molar-refractivity contribution < 1.29 is 27.9 Å². The Hall–Kier alpha value is -1.70. The lowest BCUT2D eigenvalue weighted by Crippen LogP contribution is -2.41. The molecule has 0 unspecified atom stereocenters. The van der Waals surface area contributed by atoms with Gasteiger partial charge < -0.3 is 10.0 Å². The molecule has 0 radical (unpaired) electrons. The molecule has 0 saturated carbocycles. The third kappa shape index (κ3) is 2.90. The van der Waals surface area contributed by atoms with Crippen molar-refractivity contribution in [3.05, 3.63) is 35.4 Å². The fourth-order valence-corrected chi connectivity index (χ4v) is 2.99. The van der Waals surface area contributed by atoms with Crippen LogP contribution in [0.15, 0.2) is 24.3 Å². The SMILES string of the molecule is O=C(O)[C@@H]1CSCN1C(=O)c1cccc(C(F)(F)F)c1. The molecule has 1 saturated heterocycles. The first-order valence-corrected chi connectivity index (χ1v) is 6.75. The summed E-state index contributed by atoms with van der Waals surface area (Å²) in [4.78, 5) is 24.2. The standard InChI is InChI=1S/C12H10F3NO3S/c13-12(14,15)8-3-1-2-7(4-8)10(17)16-6-20-5-9(16)11(18)19/h1-4,9H,5-6H2,(H,18,19)/t9-/m0/s1. The molecule has 0 spiro atoms. The van der Waals surface area contributed by atoms with E-state index in [2.05, 4.69) is 0 Å². The first kappa shape index (κ1) is 14.7. The third-order valence-corrected chi connectivity index (χ3v) is 3.88. The van der Waals surface area contributed by atoms with Crippen molar-refractivity contribution >= 4 is 23.6 Å². The van der Waals surface area contributed by atoms with Gasteiger partial charge in [-0.1, -0.05) is 6.07 Å². The zero-order valence-electron chi connectivity index (χ0n) is 10.1. The van der Waals surface area contributed by atoms with Gasteiger partial charge >= 0.3 is 12.1 Å². The van der Waals surface area contributed by atoms with E-state index >= 15 is 0 Å². The van der Waals surface area contributed by atoms with Crippen molar-refractivity contribution in [2.75, 3.05) is 11.6 Å². The summed E-state index contributed by atoms with van der Waals surface area (Å²) in [5, 5.41) is 8.98. The van der Waals surface area contributed by atoms with Crippen molar-refractivity contribution in [1.29, 1.82) is 0 Å². The molecule has 1 atom stereocenters. The third-order valence-electron chi connectivity index (χ3n) is 2.87. The van der Waals surface area contributed by atoms with Crippen LogP contribution >= 0.6 is 11.8 Å². The van der Waals surface area contributed by atoms with Gasteiger partial charge in [0.1, 0.15) is 6.04 Å². The van der Waals surface area contributed by atoms with Gasteiger partial charge in [0.15, 0.2) is 0 Å². The normalized spacial score (nSPS) is 19.1. The quantitative estimate of drug-likeness (QED) is 0.911. The summed E-state index contributed by atoms with van der Waals surface area (Å²) in [7, 11) is 0. The maximum absolute atomic E-state index is 12.6. The van der Waals surface area contributed by atoms with Crippen LogP contribution in [0, 0.1) is 0 Å². The van der Waals surface area contributed by atoms with E-state index in [4.69, 9.17) is 5.11 Å². The molecule has 108 valence electrons. The number of hydrogen-bond acceptors (Lipinski definition) is 3. The van der Waals surface area contributed by atoms with E-state index in [0.29, 0.717) is 0 Å². The number of carbonyl (C=O) groups is 2. The Morgan fingerprint density at radius 1 is 1.35 bits per heavy atom. The molecule has 1 aromatic rings. The van der Waals surface area contributed by atoms with E-state index in [9.17, 15) is 22.8 Å². The van der Waals surface area contributed by atoms with Gasteiger partial charge in [-0.25, -0.2) is 4.79 Å². The summed E-state index contributed by atoms with van der Waals surface area (Å²) in [6.45, 7) is 0. The molecule has 1 aromatic carbocycles. The maximum Gasteiger partial charge on any atom is 0.416 e. The van der Waals surface area contributed by atoms with Crippen LogP contribution < -0.4 is 0 Å². The number of rotatable bonds is 2. The Kier molecular flexibility index (Phi) is 3.94. The van der Waals surface area contributed by atoms with Crippen molar-refractivity contribution in [3.63, 3.8) is 0 Å². The number of amides is 1. The molecule has 1 heterocycles. The molecular weight excluding hydrogens is 295 g/mol. The predicted octanol–water partition coefficient (Wildman–Crippen LogP) is 2.31. The number of carboxylic acids is 1. The Balaban J connectivity index is 2.28. The summed E-state index contributed by atoms with van der Waals surface area (Å²) in [6.07, 6.45) is -4.54. The zero-order chi connectivity index (χ0) is 14.9. The first-order valence-electron chi connectivity index (χ1n) is 5.59. The lowest BCUT2D eigenvalue weighted by atomic mass is 10.1. The zero-order valence-corrected chi connectivity index (χ0v) is 10.9. The minimum atomic E-state index is -4.54. The van der Waals surface area contributed by atoms with Crippen LogP contribution in [-0.4, -0.2) is 39.6 Å². The van der Waals surface area contributed by atoms with Gasteiger partial charge in [0.05, 0.1) is 11.4 Å². The Morgan fingerprint density at radius 3 is 2.65 bits per heavy atom. The highest BCUT2D eigenvalue weighted by atomic mass is 32.2. The van der Waals surface area contributed by atoms with Gasteiger partial charge in [0.2, 0.25) is 0 Å². The summed E-state index contributed by atoms with van der Waals surface area (Å²) in [6, 6.07) is 2.99. The molecule has 1 aliphatic rings. The second kappa shape index (κ2) is 5.35. The first-order chi connectivity index (χ1) is 9.30. The van der Waals surface area contributed by atoms with E-state index in [0.717, 1.165) is 23.1 Å². The molecule has 1 N–H and O–H groups in total. The number of benzene rings is 1. The smallest absolute Gasteiger partial charge is 0.416 e. The van der Waals surface area contributed by atoms with Gasteiger partial charge in [-0.15, -0.1) is 11.8 Å². The molecule has 1 amide bonds. The molecule has 0 aliphatic carbocycles. The fraction of sp³-hybridized carbons (Fsp3) is 0.333. The van der Waals surface area contributed by atoms with Gasteiger partial charge in [-0.3, -0.25) is 4.79 Å². The van der Waals surface area contributed by atoms with E-state index in [1.807, 2.05) is 0 Å². The largest absolute Gasteiger partial charge is 0.480 e. The van der Waals surface area contributed by atoms with Crippen molar-refractivity contribution in [1.82, 2.24) is 4.90 Å². The molecular formula is C12H10F3NO3S. The summed E-state index contributed by atoms with van der Waals surface area (Å²) in [5.74, 6) is -1.46. The lowest BCUT2D eigenvalue weighted by molar-refractivity contribution is -0.141. The van der Waals surface area contributed by atoms with Crippen LogP contribution in [0.25, 0.3) is 0 Å². The molecule has 20 heavy (non-hydrogen) atoms. The predicted molar refractivity (Wildman–Crippen MR) is 66.4 cm³/mol. The fourth-order valence-electron chi connectivity index (χ4n) is 1.84. The van der Waals surface area contributed by atoms with Crippen molar-refractivity contribution in [3.8, 4) is 0 Å². The molecule has 8 heteroatoms. The van der Waals surface area contributed by atoms with Crippen molar-refractivity contribution in [2.45, 2.75) is 12.2 Å². The summed E-state index contributed by atoms with van der Waals surface area (Å²) >= 11 is 1.25. The van der Waals surface area contributed by atoms with E-state index in [-0.39, 0.29) is 17.2 Å². The van der Waals surface area contributed by atoms with Gasteiger partial charge in [0.25, 0.3) is 5.91 Å². The average molecular weight is 305 g/mol. The van der Waals surface area contributed by atoms with Gasteiger partial charge in [-0.2, -0.15) is 13.2 Å². The number of thioether (sulfide) groups is 1. The molecule has 1 aliphatic heterocycles. The average Bonchev–Trinajstić information content (AvgIpc) is 2.86. The van der Waals surface area contributed by atoms with E-state index < -0.39 is 29.7 Å². The number of hydrogen-bond donors (Lipinski definition) is 1. The lowest BCUT2D eigenvalue weighted by Gasteiger charge is -2.20. The molecule has 4 nitrogen and oxygen atoms in total. The molecule has 0 aromatic heterocycles. The number of carboxylic acid groups (broad SMARTS) is 1. The van der Waals surface area contributed by atoms with Crippen LogP contribution in [0.3, 0.4) is 0 Å². The number of halogens is 3. The Labute approximate surface area is 116 Å². The number of alkyl halides is 3. The second-order valence-corrected chi connectivity index (χ2v) is 5.21. The maximum atomic E-state index is 12.6. The molecule has 0 bridgehead atoms. The van der Waals surface area contributed by atoms with Crippen molar-refractivity contribution in [2.24, 2.45) is 0 Å². The minimum absolute atomic E-state index is 0.159. The number of nitrogens with zero attached hydrogens (tertiary/aromatic N) is 1. The number of aliphatic carboxylic acids is 1. The van der Waals surface area contributed by atoms with Crippen LogP contribution in [-0.2, 0) is 11.0 Å². The summed E-state index contributed by atoms with van der Waals surface area (Å²) in [5.41, 5.74) is -1.09. The topological polar surface area (TPSA) is 57.6 Å². The van der Waals surface area contributed by atoms with Crippen LogP contribution in [0.2, 0.25) is 0 Å². The van der Waals surface area contributed by atoms with E-state index in [1.54, 1.807) is 0 Å². The molecule has 2 rings (SSSR count). The highest BCUT2D eigenvalue weighted by molar-refractivity contribution is 7.99. The highest BCUT2D eigenvalue weighted by Crippen LogP contribution is 2.30. The Bertz CT molecular complexity index is 547. The monoisotopic (exact) mass is 305 g/mol. The van der Waals surface area contributed by atoms with Crippen LogP contribution in [0.4, 0.5) is 13.2 Å². The number of carbonyl (C=O) groups excluding carboxylic acids is 1. The summed E-state index contributed by atoms with van der Waals surface area (Å²) < 4.78 is 37.8. The highest BCUT2D eigenvalue weighted by Gasteiger charge is 2.36. The van der Waals surface area contributed by atoms with Crippen LogP contribution in [0.1, 0.15) is 15.9 Å². The minimum Gasteiger partial charge on any atom is -0.480 e. The second-order valence-electron chi connectivity index (χ2n) is 4.21. The molecule has 1 fully saturated rings. The van der Waals surface area contributed by atoms with E-state index in [1.165, 1.54) is 17.8 Å². The van der Waals surface area contributed by atoms with Gasteiger partial charge in [0, 0.05) is 11.3 Å². The Morgan fingerprint density at radius 2 is 2.05 bits per heavy atom. The van der Waals surface area contributed by atoms with Crippen LogP contribution in [0.5, 0.6) is 0 Å².